The van der Waals surface area contributed by atoms with Gasteiger partial charge in [0.25, 0.3) is 21.4 Å². The van der Waals surface area contributed by atoms with E-state index in [1.807, 2.05) is 0 Å². The lowest BCUT2D eigenvalue weighted by molar-refractivity contribution is -0.387. The Labute approximate surface area is 104 Å². The molecule has 0 spiro atoms. The number of rotatable bonds is 4. The van der Waals surface area contributed by atoms with E-state index in [2.05, 4.69) is 9.72 Å². The van der Waals surface area contributed by atoms with E-state index in [0.29, 0.717) is 6.20 Å². The van der Waals surface area contributed by atoms with Crippen LogP contribution in [0, 0.1) is 10.1 Å². The van der Waals surface area contributed by atoms with Gasteiger partial charge in [0, 0.05) is 10.7 Å². The van der Waals surface area contributed by atoms with E-state index in [4.69, 9.17) is 10.7 Å². The highest BCUT2D eigenvalue weighted by Gasteiger charge is 2.35. The monoisotopic (exact) mass is 302 g/mol. The molecule has 0 amide bonds. The van der Waals surface area contributed by atoms with Crippen LogP contribution in [-0.4, -0.2) is 25.4 Å². The molecule has 0 bridgehead atoms. The van der Waals surface area contributed by atoms with Crippen LogP contribution in [0.25, 0.3) is 0 Å². The third-order valence-corrected chi connectivity index (χ3v) is 3.23. The van der Waals surface area contributed by atoms with Crippen LogP contribution in [0.2, 0.25) is 0 Å². The smallest absolute Gasteiger partial charge is 0.341 e. The molecule has 1 aromatic heterocycles. The van der Waals surface area contributed by atoms with Gasteiger partial charge in [0.2, 0.25) is 0 Å². The molecule has 0 fully saturated rings. The Morgan fingerprint density at radius 2 is 2.11 bits per heavy atom. The maximum absolute atomic E-state index is 12.8. The lowest BCUT2D eigenvalue weighted by atomic mass is 10.2. The molecule has 0 unspecified atom stereocenters. The molecule has 0 saturated carbocycles. The molecule has 0 atom stereocenters. The summed E-state index contributed by atoms with van der Waals surface area (Å²) in [6.07, 6.45) is -2.94. The number of pyridine rings is 1. The van der Waals surface area contributed by atoms with Crippen LogP contribution in [0.5, 0.6) is 5.88 Å². The van der Waals surface area contributed by atoms with Crippen molar-refractivity contribution in [3.63, 3.8) is 0 Å². The molecule has 18 heavy (non-hydrogen) atoms. The van der Waals surface area contributed by atoms with Gasteiger partial charge in [-0.05, 0) is 0 Å². The molecule has 0 saturated heterocycles. The number of ether oxygens (including phenoxy) is 1. The summed E-state index contributed by atoms with van der Waals surface area (Å²) in [4.78, 5) is 11.6. The van der Waals surface area contributed by atoms with E-state index in [1.165, 1.54) is 0 Å². The molecule has 11 heteroatoms. The first-order valence-corrected chi connectivity index (χ1v) is 6.45. The second-order valence-corrected chi connectivity index (χ2v) is 5.42. The minimum absolute atomic E-state index is 0.482. The van der Waals surface area contributed by atoms with Gasteiger partial charge in [-0.1, -0.05) is 0 Å². The molecule has 7 nitrogen and oxygen atoms in total. The summed E-state index contributed by atoms with van der Waals surface area (Å²) in [6, 6.07) is 0. The fourth-order valence-electron chi connectivity index (χ4n) is 1.21. The lowest BCUT2D eigenvalue weighted by Crippen LogP contribution is -2.07. The van der Waals surface area contributed by atoms with Gasteiger partial charge in [-0.15, -0.1) is 0 Å². The van der Waals surface area contributed by atoms with E-state index in [-0.39, 0.29) is 0 Å². The van der Waals surface area contributed by atoms with Crippen molar-refractivity contribution >= 4 is 25.4 Å². The van der Waals surface area contributed by atoms with Gasteiger partial charge in [-0.25, -0.2) is 22.2 Å². The van der Waals surface area contributed by atoms with Gasteiger partial charge in [0.05, 0.1) is 18.2 Å². The molecular formula is C7H5ClF2N2O5S. The number of aromatic nitrogens is 1. The van der Waals surface area contributed by atoms with E-state index < -0.39 is 42.4 Å². The third kappa shape index (κ3) is 2.64. The molecular weight excluding hydrogens is 298 g/mol. The van der Waals surface area contributed by atoms with Crippen molar-refractivity contribution in [2.45, 2.75) is 11.3 Å². The Hall–Kier alpha value is -1.55. The first-order valence-electron chi connectivity index (χ1n) is 4.14. The summed E-state index contributed by atoms with van der Waals surface area (Å²) in [5.41, 5.74) is -2.57. The highest BCUT2D eigenvalue weighted by Crippen LogP contribution is 2.40. The van der Waals surface area contributed by atoms with Crippen molar-refractivity contribution < 1.29 is 26.9 Å². The molecule has 0 radical (unpaired) electrons. The minimum atomic E-state index is -4.59. The third-order valence-electron chi connectivity index (χ3n) is 1.88. The molecule has 1 heterocycles. The fourth-order valence-corrected chi connectivity index (χ4v) is 2.21. The van der Waals surface area contributed by atoms with Crippen LogP contribution < -0.4 is 4.74 Å². The van der Waals surface area contributed by atoms with E-state index in [9.17, 15) is 27.3 Å². The normalized spacial score (nSPS) is 11.6. The van der Waals surface area contributed by atoms with E-state index in [1.54, 1.807) is 0 Å². The Kier molecular flexibility index (Phi) is 4.02. The van der Waals surface area contributed by atoms with Crippen molar-refractivity contribution in [1.29, 1.82) is 0 Å². The van der Waals surface area contributed by atoms with E-state index in [0.717, 1.165) is 7.11 Å². The van der Waals surface area contributed by atoms with Crippen LogP contribution >= 0.6 is 10.7 Å². The number of halogens is 3. The van der Waals surface area contributed by atoms with Gasteiger partial charge in [-0.3, -0.25) is 10.1 Å². The van der Waals surface area contributed by atoms with Crippen molar-refractivity contribution in [1.82, 2.24) is 4.98 Å². The summed E-state index contributed by atoms with van der Waals surface area (Å²) in [7, 11) is 1.30. The Morgan fingerprint density at radius 3 is 2.44 bits per heavy atom. The fraction of sp³-hybridized carbons (Fsp3) is 0.286. The van der Waals surface area contributed by atoms with Crippen LogP contribution in [0.4, 0.5) is 14.5 Å². The number of methoxy groups -OCH3 is 1. The maximum Gasteiger partial charge on any atom is 0.341 e. The summed E-state index contributed by atoms with van der Waals surface area (Å²) in [5, 5.41) is 10.7. The second-order valence-electron chi connectivity index (χ2n) is 2.89. The molecule has 0 aliphatic rings. The zero-order valence-electron chi connectivity index (χ0n) is 8.63. The first kappa shape index (κ1) is 14.5. The first-order chi connectivity index (χ1) is 8.20. The SMILES string of the molecule is COc1ncc(S(=O)(=O)Cl)c(C(F)F)c1[N+](=O)[O-]. The molecule has 0 aromatic carbocycles. The van der Waals surface area contributed by atoms with Crippen LogP contribution in [0.3, 0.4) is 0 Å². The average molecular weight is 303 g/mol. The van der Waals surface area contributed by atoms with Crippen molar-refractivity contribution in [2.75, 3.05) is 7.11 Å². The number of nitrogens with zero attached hydrogens (tertiary/aromatic N) is 2. The summed E-state index contributed by atoms with van der Waals surface area (Å²) >= 11 is 0. The highest BCUT2D eigenvalue weighted by atomic mass is 35.7. The van der Waals surface area contributed by atoms with Crippen molar-refractivity contribution in [3.8, 4) is 5.88 Å². The summed E-state index contributed by atoms with van der Waals surface area (Å²) < 4.78 is 52.1. The molecule has 1 aromatic rings. The zero-order chi connectivity index (χ0) is 14.1. The van der Waals surface area contributed by atoms with Crippen LogP contribution in [0.1, 0.15) is 12.0 Å². The predicted molar refractivity (Wildman–Crippen MR) is 55.4 cm³/mol. The number of hydrogen-bond donors (Lipinski definition) is 0. The van der Waals surface area contributed by atoms with Gasteiger partial charge >= 0.3 is 5.69 Å². The molecule has 0 aliphatic heterocycles. The summed E-state index contributed by atoms with van der Waals surface area (Å²) in [5.74, 6) is -0.723. The average Bonchev–Trinajstić information content (AvgIpc) is 2.25. The van der Waals surface area contributed by atoms with E-state index >= 15 is 0 Å². The minimum Gasteiger partial charge on any atom is -0.476 e. The van der Waals surface area contributed by atoms with Gasteiger partial charge in [-0.2, -0.15) is 0 Å². The molecule has 100 valence electrons. The van der Waals surface area contributed by atoms with Crippen LogP contribution in [0.15, 0.2) is 11.1 Å². The number of alkyl halides is 2. The summed E-state index contributed by atoms with van der Waals surface area (Å²) in [6.45, 7) is 0. The second kappa shape index (κ2) is 4.98. The molecule has 0 N–H and O–H groups in total. The number of nitro groups is 1. The Balaban J connectivity index is 3.80. The topological polar surface area (TPSA) is 99.4 Å². The molecule has 0 aliphatic carbocycles. The van der Waals surface area contributed by atoms with Gasteiger partial charge in [0.15, 0.2) is 0 Å². The van der Waals surface area contributed by atoms with Crippen molar-refractivity contribution in [2.24, 2.45) is 0 Å². The Morgan fingerprint density at radius 1 is 1.56 bits per heavy atom. The van der Waals surface area contributed by atoms with Crippen molar-refractivity contribution in [3.05, 3.63) is 21.9 Å². The highest BCUT2D eigenvalue weighted by molar-refractivity contribution is 8.13. The Bertz CT molecular complexity index is 592. The zero-order valence-corrected chi connectivity index (χ0v) is 10.2. The lowest BCUT2D eigenvalue weighted by Gasteiger charge is -2.08. The largest absolute Gasteiger partial charge is 0.476 e. The van der Waals surface area contributed by atoms with Crippen LogP contribution in [-0.2, 0) is 9.05 Å². The predicted octanol–water partition coefficient (Wildman–Crippen LogP) is 1.86. The maximum atomic E-state index is 12.8. The molecule has 1 rings (SSSR count). The van der Waals surface area contributed by atoms with Gasteiger partial charge in [0.1, 0.15) is 10.5 Å². The standard InChI is InChI=1S/C7H5ClF2N2O5S/c1-17-7-5(12(13)14)4(6(9)10)3(2-11-7)18(8,15)16/h2,6H,1H3. The van der Waals surface area contributed by atoms with Gasteiger partial charge < -0.3 is 4.74 Å². The quantitative estimate of drug-likeness (QED) is 0.478. The number of hydrogen-bond acceptors (Lipinski definition) is 6.